The van der Waals surface area contributed by atoms with Crippen molar-refractivity contribution in [1.82, 2.24) is 15.1 Å². The SMILES string of the molecule is CCNC(CC)(CO)CCCN1CC(C)N(C)C(C)C1. The van der Waals surface area contributed by atoms with E-state index in [1.165, 1.54) is 13.1 Å². The predicted molar refractivity (Wildman–Crippen MR) is 86.1 cm³/mol. The molecule has 1 rings (SSSR count). The quantitative estimate of drug-likeness (QED) is 0.710. The van der Waals surface area contributed by atoms with Crippen LogP contribution in [0.1, 0.15) is 47.0 Å². The maximum atomic E-state index is 9.68. The van der Waals surface area contributed by atoms with E-state index in [0.29, 0.717) is 12.1 Å². The molecule has 1 aliphatic rings. The highest BCUT2D eigenvalue weighted by Crippen LogP contribution is 2.19. The number of nitrogens with zero attached hydrogens (tertiary/aromatic N) is 2. The van der Waals surface area contributed by atoms with Gasteiger partial charge in [0, 0.05) is 30.7 Å². The summed E-state index contributed by atoms with van der Waals surface area (Å²) in [4.78, 5) is 5.05. The molecule has 1 fully saturated rings. The van der Waals surface area contributed by atoms with E-state index in [9.17, 15) is 5.11 Å². The van der Waals surface area contributed by atoms with Crippen molar-refractivity contribution in [2.24, 2.45) is 0 Å². The Balaban J connectivity index is 2.39. The van der Waals surface area contributed by atoms with Gasteiger partial charge in [-0.05, 0) is 53.2 Å². The molecule has 1 aliphatic heterocycles. The molecular formula is C16H35N3O. The van der Waals surface area contributed by atoms with Crippen LogP contribution in [0.25, 0.3) is 0 Å². The second kappa shape index (κ2) is 8.32. The zero-order chi connectivity index (χ0) is 15.2. The van der Waals surface area contributed by atoms with E-state index < -0.39 is 0 Å². The zero-order valence-corrected chi connectivity index (χ0v) is 14.2. The summed E-state index contributed by atoms with van der Waals surface area (Å²) >= 11 is 0. The number of nitrogens with one attached hydrogen (secondary N) is 1. The van der Waals surface area contributed by atoms with Crippen LogP contribution in [0, 0.1) is 0 Å². The Bertz CT molecular complexity index is 256. The average molecular weight is 285 g/mol. The minimum atomic E-state index is -0.0709. The van der Waals surface area contributed by atoms with Crippen molar-refractivity contribution in [3.05, 3.63) is 0 Å². The third kappa shape index (κ3) is 4.69. The van der Waals surface area contributed by atoms with Crippen LogP contribution in [0.4, 0.5) is 0 Å². The maximum Gasteiger partial charge on any atom is 0.0613 e. The number of piperazine rings is 1. The van der Waals surface area contributed by atoms with Gasteiger partial charge in [0.2, 0.25) is 0 Å². The van der Waals surface area contributed by atoms with E-state index in [1.54, 1.807) is 0 Å². The molecule has 20 heavy (non-hydrogen) atoms. The molecule has 4 heteroatoms. The Hall–Kier alpha value is -0.160. The summed E-state index contributed by atoms with van der Waals surface area (Å²) in [5.41, 5.74) is -0.0709. The summed E-state index contributed by atoms with van der Waals surface area (Å²) in [5, 5.41) is 13.2. The summed E-state index contributed by atoms with van der Waals surface area (Å²) < 4.78 is 0. The van der Waals surface area contributed by atoms with E-state index >= 15 is 0 Å². The smallest absolute Gasteiger partial charge is 0.0613 e. The van der Waals surface area contributed by atoms with Crippen molar-refractivity contribution in [2.75, 3.05) is 39.8 Å². The van der Waals surface area contributed by atoms with E-state index in [4.69, 9.17) is 0 Å². The minimum Gasteiger partial charge on any atom is -0.394 e. The molecule has 2 N–H and O–H groups in total. The first kappa shape index (κ1) is 17.9. The third-order valence-electron chi connectivity index (χ3n) is 5.10. The van der Waals surface area contributed by atoms with Crippen LogP contribution in [0.15, 0.2) is 0 Å². The Morgan fingerprint density at radius 1 is 1.20 bits per heavy atom. The molecule has 0 aromatic carbocycles. The molecule has 0 aliphatic carbocycles. The van der Waals surface area contributed by atoms with Crippen LogP contribution in [-0.2, 0) is 0 Å². The first-order valence-electron chi connectivity index (χ1n) is 8.28. The molecular weight excluding hydrogens is 250 g/mol. The molecule has 1 saturated heterocycles. The first-order chi connectivity index (χ1) is 9.48. The summed E-state index contributed by atoms with van der Waals surface area (Å²) in [5.74, 6) is 0. The van der Waals surface area contributed by atoms with Gasteiger partial charge in [-0.15, -0.1) is 0 Å². The van der Waals surface area contributed by atoms with Gasteiger partial charge in [0.25, 0.3) is 0 Å². The van der Waals surface area contributed by atoms with Gasteiger partial charge in [0.1, 0.15) is 0 Å². The highest BCUT2D eigenvalue weighted by Gasteiger charge is 2.28. The van der Waals surface area contributed by atoms with Crippen LogP contribution < -0.4 is 5.32 Å². The van der Waals surface area contributed by atoms with Crippen LogP contribution in [0.2, 0.25) is 0 Å². The fourth-order valence-electron chi connectivity index (χ4n) is 3.35. The van der Waals surface area contributed by atoms with Crippen LogP contribution >= 0.6 is 0 Å². The van der Waals surface area contributed by atoms with Crippen molar-refractivity contribution in [3.8, 4) is 0 Å². The molecule has 0 amide bonds. The van der Waals surface area contributed by atoms with Gasteiger partial charge in [-0.2, -0.15) is 0 Å². The van der Waals surface area contributed by atoms with Crippen molar-refractivity contribution < 1.29 is 5.11 Å². The summed E-state index contributed by atoms with van der Waals surface area (Å²) in [6.45, 7) is 13.6. The van der Waals surface area contributed by atoms with Crippen molar-refractivity contribution in [1.29, 1.82) is 0 Å². The van der Waals surface area contributed by atoms with Gasteiger partial charge >= 0.3 is 0 Å². The van der Waals surface area contributed by atoms with E-state index in [2.05, 4.69) is 49.9 Å². The third-order valence-corrected chi connectivity index (χ3v) is 5.10. The zero-order valence-electron chi connectivity index (χ0n) is 14.2. The number of aliphatic hydroxyl groups is 1. The number of likely N-dealkylation sites (N-methyl/N-ethyl adjacent to an activating group) is 2. The van der Waals surface area contributed by atoms with E-state index in [1.807, 2.05) is 0 Å². The molecule has 4 nitrogen and oxygen atoms in total. The highest BCUT2D eigenvalue weighted by atomic mass is 16.3. The molecule has 1 heterocycles. The molecule has 0 aromatic rings. The summed E-state index contributed by atoms with van der Waals surface area (Å²) in [6.07, 6.45) is 3.21. The van der Waals surface area contributed by atoms with Crippen LogP contribution in [-0.4, -0.2) is 72.4 Å². The van der Waals surface area contributed by atoms with Gasteiger partial charge in [-0.3, -0.25) is 4.90 Å². The number of aliphatic hydroxyl groups excluding tert-OH is 1. The second-order valence-corrected chi connectivity index (χ2v) is 6.55. The lowest BCUT2D eigenvalue weighted by Gasteiger charge is -2.43. The van der Waals surface area contributed by atoms with Gasteiger partial charge in [0.15, 0.2) is 0 Å². The van der Waals surface area contributed by atoms with Crippen LogP contribution in [0.5, 0.6) is 0 Å². The van der Waals surface area contributed by atoms with Gasteiger partial charge in [-0.1, -0.05) is 13.8 Å². The average Bonchev–Trinajstić information content (AvgIpc) is 2.43. The second-order valence-electron chi connectivity index (χ2n) is 6.55. The number of hydrogen-bond acceptors (Lipinski definition) is 4. The van der Waals surface area contributed by atoms with E-state index in [0.717, 1.165) is 32.4 Å². The topological polar surface area (TPSA) is 38.7 Å². The Morgan fingerprint density at radius 3 is 2.25 bits per heavy atom. The fraction of sp³-hybridized carbons (Fsp3) is 1.00. The number of hydrogen-bond donors (Lipinski definition) is 2. The van der Waals surface area contributed by atoms with Gasteiger partial charge in [0.05, 0.1) is 6.61 Å². The lowest BCUT2D eigenvalue weighted by atomic mass is 9.91. The van der Waals surface area contributed by atoms with E-state index in [-0.39, 0.29) is 12.1 Å². The summed E-state index contributed by atoms with van der Waals surface area (Å²) in [6, 6.07) is 1.28. The standard InChI is InChI=1S/C16H35N3O/c1-6-16(13-20,17-7-2)9-8-10-19-11-14(3)18(5)15(4)12-19/h14-15,17,20H,6-13H2,1-5H3. The first-order valence-corrected chi connectivity index (χ1v) is 8.28. The van der Waals surface area contributed by atoms with Crippen molar-refractivity contribution >= 4 is 0 Å². The van der Waals surface area contributed by atoms with Gasteiger partial charge < -0.3 is 15.3 Å². The Morgan fingerprint density at radius 2 is 1.80 bits per heavy atom. The molecule has 0 bridgehead atoms. The predicted octanol–water partition coefficient (Wildman–Crippen LogP) is 1.54. The van der Waals surface area contributed by atoms with Crippen molar-refractivity contribution in [2.45, 2.75) is 64.6 Å². The number of rotatable bonds is 8. The molecule has 0 saturated carbocycles. The fourth-order valence-corrected chi connectivity index (χ4v) is 3.35. The van der Waals surface area contributed by atoms with Gasteiger partial charge in [-0.25, -0.2) is 0 Å². The normalized spacial score (nSPS) is 28.5. The lowest BCUT2D eigenvalue weighted by Crippen LogP contribution is -2.55. The molecule has 3 unspecified atom stereocenters. The highest BCUT2D eigenvalue weighted by molar-refractivity contribution is 4.87. The molecule has 0 aromatic heterocycles. The maximum absolute atomic E-state index is 9.68. The molecule has 0 radical (unpaired) electrons. The van der Waals surface area contributed by atoms with Crippen LogP contribution in [0.3, 0.4) is 0 Å². The Labute approximate surface area is 125 Å². The Kier molecular flexibility index (Phi) is 7.45. The molecule has 0 spiro atoms. The van der Waals surface area contributed by atoms with Crippen molar-refractivity contribution in [3.63, 3.8) is 0 Å². The molecule has 120 valence electrons. The largest absolute Gasteiger partial charge is 0.394 e. The monoisotopic (exact) mass is 285 g/mol. The molecule has 3 atom stereocenters. The lowest BCUT2D eigenvalue weighted by molar-refractivity contribution is 0.0557. The minimum absolute atomic E-state index is 0.0709. The summed E-state index contributed by atoms with van der Waals surface area (Å²) in [7, 11) is 2.23.